The summed E-state index contributed by atoms with van der Waals surface area (Å²) in [5.41, 5.74) is 2.53. The highest BCUT2D eigenvalue weighted by Crippen LogP contribution is 2.42. The Hall–Kier alpha value is -3.93. The van der Waals surface area contributed by atoms with Gasteiger partial charge in [0.25, 0.3) is 0 Å². The lowest BCUT2D eigenvalue weighted by molar-refractivity contribution is -0.144. The zero-order chi connectivity index (χ0) is 26.0. The molecule has 2 atom stereocenters. The van der Waals surface area contributed by atoms with Crippen LogP contribution in [0.5, 0.6) is 0 Å². The molecule has 2 aliphatic heterocycles. The van der Waals surface area contributed by atoms with Crippen molar-refractivity contribution in [3.63, 3.8) is 0 Å². The number of amides is 3. The van der Waals surface area contributed by atoms with Crippen LogP contribution in [-0.4, -0.2) is 53.2 Å². The Morgan fingerprint density at radius 1 is 0.892 bits per heavy atom. The van der Waals surface area contributed by atoms with Crippen LogP contribution in [0.4, 0.5) is 5.69 Å². The number of carbonyl (C=O) groups excluding carboxylic acids is 3. The molecule has 5 rings (SSSR count). The first-order valence-corrected chi connectivity index (χ1v) is 12.9. The zero-order valence-corrected chi connectivity index (χ0v) is 21.5. The molecular weight excluding hydrogens is 462 g/mol. The smallest absolute Gasteiger partial charge is 0.241 e. The van der Waals surface area contributed by atoms with Gasteiger partial charge < -0.3 is 9.80 Å². The summed E-state index contributed by atoms with van der Waals surface area (Å²) in [6, 6.07) is 27.4. The molecule has 2 aliphatic rings. The molecule has 0 N–H and O–H groups in total. The van der Waals surface area contributed by atoms with Crippen molar-refractivity contribution in [2.75, 3.05) is 24.5 Å². The first-order chi connectivity index (χ1) is 17.9. The van der Waals surface area contributed by atoms with Crippen LogP contribution in [0.2, 0.25) is 0 Å². The number of hydrogen-bond acceptors (Lipinski definition) is 4. The van der Waals surface area contributed by atoms with E-state index >= 15 is 0 Å². The van der Waals surface area contributed by atoms with Crippen molar-refractivity contribution in [2.45, 2.75) is 44.7 Å². The largest absolute Gasteiger partial charge is 0.368 e. The fourth-order valence-corrected chi connectivity index (χ4v) is 5.84. The summed E-state index contributed by atoms with van der Waals surface area (Å²) in [5.74, 6) is -0.586. The Balaban J connectivity index is 1.41. The number of anilines is 1. The minimum Gasteiger partial charge on any atom is -0.368 e. The molecule has 6 heteroatoms. The topological polar surface area (TPSA) is 60.9 Å². The number of para-hydroxylation sites is 1. The highest BCUT2D eigenvalue weighted by atomic mass is 16.2. The number of rotatable bonds is 6. The maximum absolute atomic E-state index is 14.1. The van der Waals surface area contributed by atoms with E-state index in [4.69, 9.17) is 0 Å². The van der Waals surface area contributed by atoms with Crippen LogP contribution >= 0.6 is 0 Å². The predicted molar refractivity (Wildman–Crippen MR) is 144 cm³/mol. The van der Waals surface area contributed by atoms with Crippen LogP contribution in [0, 0.1) is 6.92 Å². The highest BCUT2D eigenvalue weighted by molar-refractivity contribution is 6.11. The third-order valence-corrected chi connectivity index (χ3v) is 7.77. The molecule has 3 amide bonds. The number of likely N-dealkylation sites (tertiary alicyclic amines) is 1. The summed E-state index contributed by atoms with van der Waals surface area (Å²) in [4.78, 5) is 46.7. The first-order valence-electron chi connectivity index (χ1n) is 12.9. The molecule has 2 fully saturated rings. The van der Waals surface area contributed by atoms with Crippen molar-refractivity contribution in [2.24, 2.45) is 0 Å². The van der Waals surface area contributed by atoms with Crippen LogP contribution in [-0.2, 0) is 26.3 Å². The quantitative estimate of drug-likeness (QED) is 0.478. The zero-order valence-electron chi connectivity index (χ0n) is 21.5. The number of hydrogen-bond donors (Lipinski definition) is 0. The molecular formula is C31H33N3O3. The van der Waals surface area contributed by atoms with Crippen molar-refractivity contribution in [3.05, 3.63) is 102 Å². The molecule has 37 heavy (non-hydrogen) atoms. The summed E-state index contributed by atoms with van der Waals surface area (Å²) in [6.45, 7) is 6.24. The molecule has 0 spiro atoms. The van der Waals surface area contributed by atoms with E-state index in [-0.39, 0.29) is 43.1 Å². The Kier molecular flexibility index (Phi) is 6.83. The Morgan fingerprint density at radius 2 is 1.54 bits per heavy atom. The second kappa shape index (κ2) is 10.2. The van der Waals surface area contributed by atoms with Gasteiger partial charge in [0.05, 0.1) is 12.0 Å². The summed E-state index contributed by atoms with van der Waals surface area (Å²) in [5, 5.41) is 0. The van der Waals surface area contributed by atoms with Gasteiger partial charge in [0.2, 0.25) is 17.7 Å². The van der Waals surface area contributed by atoms with Crippen molar-refractivity contribution >= 4 is 23.4 Å². The number of nitrogens with zero attached hydrogens (tertiary/aromatic N) is 3. The highest BCUT2D eigenvalue weighted by Gasteiger charge is 2.54. The van der Waals surface area contributed by atoms with Crippen LogP contribution < -0.4 is 4.90 Å². The molecule has 0 bridgehead atoms. The molecule has 2 heterocycles. The second-order valence-electron chi connectivity index (χ2n) is 10.2. The van der Waals surface area contributed by atoms with Crippen LogP contribution in [0.25, 0.3) is 0 Å². The van der Waals surface area contributed by atoms with E-state index in [2.05, 4.69) is 24.0 Å². The van der Waals surface area contributed by atoms with E-state index in [1.165, 1.54) is 4.90 Å². The lowest BCUT2D eigenvalue weighted by atomic mass is 9.73. The number of aryl methyl sites for hydroxylation is 1. The standard InChI is InChI=1S/C31H33N3O3/c1-23-11-9-10-16-27(23)31(20-29(36)34(30(31)37)22-25-12-5-3-6-13-25)19-28(35)33-18-17-32(21-24(33)2)26-14-7-4-8-15-26/h3-16,24H,17-22H2,1-2H3/t24-,31-/m0/s1. The minimum atomic E-state index is -1.19. The second-order valence-corrected chi connectivity index (χ2v) is 10.2. The van der Waals surface area contributed by atoms with Gasteiger partial charge in [-0.05, 0) is 42.7 Å². The van der Waals surface area contributed by atoms with Gasteiger partial charge in [-0.25, -0.2) is 0 Å². The molecule has 190 valence electrons. The molecule has 0 saturated carbocycles. The molecule has 2 saturated heterocycles. The fourth-order valence-electron chi connectivity index (χ4n) is 5.84. The average Bonchev–Trinajstić information content (AvgIpc) is 3.14. The summed E-state index contributed by atoms with van der Waals surface area (Å²) in [7, 11) is 0. The predicted octanol–water partition coefficient (Wildman–Crippen LogP) is 4.32. The lowest BCUT2D eigenvalue weighted by Crippen LogP contribution is -2.55. The normalized spacial score (nSPS) is 22.0. The molecule has 0 aromatic heterocycles. The van der Waals surface area contributed by atoms with Gasteiger partial charge in [0, 0.05) is 44.2 Å². The molecule has 6 nitrogen and oxygen atoms in total. The maximum atomic E-state index is 14.1. The third-order valence-electron chi connectivity index (χ3n) is 7.77. The van der Waals surface area contributed by atoms with E-state index in [0.717, 1.165) is 35.5 Å². The summed E-state index contributed by atoms with van der Waals surface area (Å²) in [6.07, 6.45) is -0.00296. The molecule has 0 radical (unpaired) electrons. The van der Waals surface area contributed by atoms with Gasteiger partial charge in [0.1, 0.15) is 0 Å². The number of carbonyl (C=O) groups is 3. The van der Waals surface area contributed by atoms with Crippen molar-refractivity contribution in [3.8, 4) is 0 Å². The SMILES string of the molecule is Cc1ccccc1[C@]1(CC(=O)N2CCN(c3ccccc3)C[C@@H]2C)CC(=O)N(Cc2ccccc2)C1=O. The number of piperazine rings is 1. The van der Waals surface area contributed by atoms with Crippen molar-refractivity contribution in [1.82, 2.24) is 9.80 Å². The number of benzene rings is 3. The van der Waals surface area contributed by atoms with Crippen LogP contribution in [0.3, 0.4) is 0 Å². The molecule has 0 aliphatic carbocycles. The monoisotopic (exact) mass is 495 g/mol. The van der Waals surface area contributed by atoms with E-state index < -0.39 is 5.41 Å². The molecule has 3 aromatic rings. The van der Waals surface area contributed by atoms with Crippen molar-refractivity contribution in [1.29, 1.82) is 0 Å². The number of imide groups is 1. The van der Waals surface area contributed by atoms with Gasteiger partial charge in [-0.2, -0.15) is 0 Å². The van der Waals surface area contributed by atoms with E-state index in [9.17, 15) is 14.4 Å². The average molecular weight is 496 g/mol. The Bertz CT molecular complexity index is 1290. The van der Waals surface area contributed by atoms with Gasteiger partial charge in [0.15, 0.2) is 0 Å². The van der Waals surface area contributed by atoms with Gasteiger partial charge in [-0.1, -0.05) is 72.8 Å². The van der Waals surface area contributed by atoms with Crippen LogP contribution in [0.15, 0.2) is 84.9 Å². The van der Waals surface area contributed by atoms with E-state index in [1.807, 2.05) is 84.6 Å². The van der Waals surface area contributed by atoms with Gasteiger partial charge in [-0.15, -0.1) is 0 Å². The van der Waals surface area contributed by atoms with E-state index in [1.54, 1.807) is 0 Å². The summed E-state index contributed by atoms with van der Waals surface area (Å²) >= 11 is 0. The van der Waals surface area contributed by atoms with E-state index in [0.29, 0.717) is 6.54 Å². The third kappa shape index (κ3) is 4.76. The van der Waals surface area contributed by atoms with Crippen LogP contribution in [0.1, 0.15) is 36.5 Å². The lowest BCUT2D eigenvalue weighted by Gasteiger charge is -2.42. The maximum Gasteiger partial charge on any atom is 0.241 e. The van der Waals surface area contributed by atoms with Gasteiger partial charge in [-0.3, -0.25) is 19.3 Å². The molecule has 0 unspecified atom stereocenters. The Labute approximate surface area is 218 Å². The summed E-state index contributed by atoms with van der Waals surface area (Å²) < 4.78 is 0. The van der Waals surface area contributed by atoms with Crippen molar-refractivity contribution < 1.29 is 14.4 Å². The Morgan fingerprint density at radius 3 is 2.22 bits per heavy atom. The van der Waals surface area contributed by atoms with Gasteiger partial charge >= 0.3 is 0 Å². The fraction of sp³-hybridized carbons (Fsp3) is 0.323. The first kappa shape index (κ1) is 24.8. The molecule has 3 aromatic carbocycles. The minimum absolute atomic E-state index is 0.00756.